The van der Waals surface area contributed by atoms with Crippen LogP contribution >= 0.6 is 0 Å². The van der Waals surface area contributed by atoms with Crippen LogP contribution < -0.4 is 18.9 Å². The molecule has 1 atom stereocenters. The largest absolute Gasteiger partial charge is 0.497 e. The molecule has 0 saturated heterocycles. The molecule has 2 rings (SSSR count). The summed E-state index contributed by atoms with van der Waals surface area (Å²) in [4.78, 5) is -0.0513. The van der Waals surface area contributed by atoms with Gasteiger partial charge >= 0.3 is 0 Å². The molecule has 0 aliphatic heterocycles. The van der Waals surface area contributed by atoms with Crippen molar-refractivity contribution >= 4 is 10.0 Å². The Balaban J connectivity index is 2.13. The fourth-order valence-corrected chi connectivity index (χ4v) is 3.91. The third-order valence-corrected chi connectivity index (χ3v) is 5.47. The molecule has 0 radical (unpaired) electrons. The van der Waals surface area contributed by atoms with Crippen LogP contribution in [0.5, 0.6) is 17.2 Å². The maximum absolute atomic E-state index is 12.7. The van der Waals surface area contributed by atoms with E-state index in [9.17, 15) is 13.5 Å². The average molecular weight is 395 g/mol. The molecule has 2 N–H and O–H groups in total. The van der Waals surface area contributed by atoms with Crippen molar-refractivity contribution in [2.45, 2.75) is 23.8 Å². The molecule has 2 aromatic carbocycles. The lowest BCUT2D eigenvalue weighted by Gasteiger charge is -2.24. The molecule has 0 saturated carbocycles. The number of ether oxygens (including phenoxy) is 3. The van der Waals surface area contributed by atoms with Crippen LogP contribution in [-0.4, -0.2) is 47.0 Å². The zero-order chi connectivity index (χ0) is 20.1. The second kappa shape index (κ2) is 8.60. The average Bonchev–Trinajstić information content (AvgIpc) is 2.66. The first-order valence-electron chi connectivity index (χ1n) is 8.28. The van der Waals surface area contributed by atoms with E-state index in [2.05, 4.69) is 4.72 Å². The summed E-state index contributed by atoms with van der Waals surface area (Å²) in [6.07, 6.45) is 0.273. The number of aliphatic hydroxyl groups is 1. The quantitative estimate of drug-likeness (QED) is 0.674. The molecule has 7 nitrogen and oxygen atoms in total. The summed E-state index contributed by atoms with van der Waals surface area (Å²) in [5, 5.41) is 10.6. The minimum Gasteiger partial charge on any atom is -0.497 e. The highest BCUT2D eigenvalue weighted by Gasteiger charge is 2.27. The van der Waals surface area contributed by atoms with Crippen molar-refractivity contribution in [3.8, 4) is 17.2 Å². The maximum atomic E-state index is 12.7. The van der Waals surface area contributed by atoms with Crippen molar-refractivity contribution in [1.29, 1.82) is 0 Å². The van der Waals surface area contributed by atoms with Crippen LogP contribution in [0.25, 0.3) is 0 Å². The van der Waals surface area contributed by atoms with E-state index < -0.39 is 15.6 Å². The normalized spacial score (nSPS) is 13.7. The third-order valence-electron chi connectivity index (χ3n) is 4.05. The molecule has 0 amide bonds. The fraction of sp³-hybridized carbons (Fsp3) is 0.368. The van der Waals surface area contributed by atoms with E-state index in [4.69, 9.17) is 14.2 Å². The highest BCUT2D eigenvalue weighted by atomic mass is 32.2. The van der Waals surface area contributed by atoms with Gasteiger partial charge in [0.05, 0.1) is 26.9 Å². The van der Waals surface area contributed by atoms with Gasteiger partial charge in [0.1, 0.15) is 22.1 Å². The van der Waals surface area contributed by atoms with Crippen LogP contribution in [0, 0.1) is 0 Å². The van der Waals surface area contributed by atoms with E-state index in [1.165, 1.54) is 26.4 Å². The van der Waals surface area contributed by atoms with Crippen LogP contribution in [0.3, 0.4) is 0 Å². The molecular weight excluding hydrogens is 370 g/mol. The predicted molar refractivity (Wildman–Crippen MR) is 102 cm³/mol. The number of rotatable bonds is 9. The molecular formula is C19H25NO6S. The van der Waals surface area contributed by atoms with E-state index in [1.54, 1.807) is 32.2 Å². The number of hydrogen-bond donors (Lipinski definition) is 2. The lowest BCUT2D eigenvalue weighted by molar-refractivity contribution is 0.0657. The first kappa shape index (κ1) is 21.0. The van der Waals surface area contributed by atoms with Crippen molar-refractivity contribution in [2.75, 3.05) is 27.9 Å². The topological polar surface area (TPSA) is 94.1 Å². The summed E-state index contributed by atoms with van der Waals surface area (Å²) < 4.78 is 43.1. The van der Waals surface area contributed by atoms with Crippen molar-refractivity contribution in [3.05, 3.63) is 48.0 Å². The number of methoxy groups -OCH3 is 3. The number of hydrogen-bond acceptors (Lipinski definition) is 6. The van der Waals surface area contributed by atoms with E-state index in [-0.39, 0.29) is 23.6 Å². The van der Waals surface area contributed by atoms with Crippen molar-refractivity contribution in [3.63, 3.8) is 0 Å². The summed E-state index contributed by atoms with van der Waals surface area (Å²) in [6, 6.07) is 11.7. The van der Waals surface area contributed by atoms with Gasteiger partial charge in [0.15, 0.2) is 0 Å². The molecule has 0 aromatic heterocycles. The lowest BCUT2D eigenvalue weighted by atomic mass is 9.97. The molecule has 0 fully saturated rings. The SMILES string of the molecule is COc1ccc(CC(C)(O)CNS(=O)(=O)c2cc(OC)ccc2OC)cc1. The summed E-state index contributed by atoms with van der Waals surface area (Å²) in [7, 11) is 0.509. The van der Waals surface area contributed by atoms with E-state index >= 15 is 0 Å². The van der Waals surface area contributed by atoms with Crippen LogP contribution in [-0.2, 0) is 16.4 Å². The van der Waals surface area contributed by atoms with Crippen LogP contribution in [0.4, 0.5) is 0 Å². The van der Waals surface area contributed by atoms with E-state index in [1.807, 2.05) is 12.1 Å². The van der Waals surface area contributed by atoms with Gasteiger partial charge in [0.2, 0.25) is 10.0 Å². The summed E-state index contributed by atoms with van der Waals surface area (Å²) in [6.45, 7) is 1.41. The molecule has 8 heteroatoms. The second-order valence-electron chi connectivity index (χ2n) is 6.36. The standard InChI is InChI=1S/C19H25NO6S/c1-19(21,12-14-5-7-15(24-2)8-6-14)13-20-27(22,23)18-11-16(25-3)9-10-17(18)26-4/h5-11,20-21H,12-13H2,1-4H3. The Morgan fingerprint density at radius 2 is 1.56 bits per heavy atom. The van der Waals surface area contributed by atoms with Crippen molar-refractivity contribution in [2.24, 2.45) is 0 Å². The molecule has 27 heavy (non-hydrogen) atoms. The Kier molecular flexibility index (Phi) is 6.69. The van der Waals surface area contributed by atoms with Gasteiger partial charge in [-0.25, -0.2) is 13.1 Å². The molecule has 0 aliphatic rings. The van der Waals surface area contributed by atoms with Gasteiger partial charge in [-0.15, -0.1) is 0 Å². The molecule has 0 spiro atoms. The maximum Gasteiger partial charge on any atom is 0.244 e. The Morgan fingerprint density at radius 1 is 0.963 bits per heavy atom. The molecule has 2 aromatic rings. The second-order valence-corrected chi connectivity index (χ2v) is 8.10. The van der Waals surface area contributed by atoms with Gasteiger partial charge in [-0.1, -0.05) is 12.1 Å². The minimum atomic E-state index is -3.91. The summed E-state index contributed by atoms with van der Waals surface area (Å²) in [5.41, 5.74) is -0.424. The first-order valence-corrected chi connectivity index (χ1v) is 9.76. The Labute approximate surface area is 159 Å². The monoisotopic (exact) mass is 395 g/mol. The zero-order valence-electron chi connectivity index (χ0n) is 15.9. The van der Waals surface area contributed by atoms with Crippen LogP contribution in [0.2, 0.25) is 0 Å². The van der Waals surface area contributed by atoms with Crippen molar-refractivity contribution in [1.82, 2.24) is 4.72 Å². The summed E-state index contributed by atoms with van der Waals surface area (Å²) in [5.74, 6) is 1.29. The molecule has 148 valence electrons. The Bertz CT molecular complexity index is 862. The Hall–Kier alpha value is -2.29. The van der Waals surface area contributed by atoms with Gasteiger partial charge in [0, 0.05) is 19.0 Å². The first-order chi connectivity index (χ1) is 12.7. The Morgan fingerprint density at radius 3 is 2.11 bits per heavy atom. The number of benzene rings is 2. The zero-order valence-corrected chi connectivity index (χ0v) is 16.7. The fourth-order valence-electron chi connectivity index (χ4n) is 2.57. The predicted octanol–water partition coefficient (Wildman–Crippen LogP) is 1.98. The number of sulfonamides is 1. The van der Waals surface area contributed by atoms with Gasteiger partial charge in [-0.3, -0.25) is 0 Å². The van der Waals surface area contributed by atoms with Gasteiger partial charge in [-0.2, -0.15) is 0 Å². The smallest absolute Gasteiger partial charge is 0.244 e. The van der Waals surface area contributed by atoms with Crippen molar-refractivity contribution < 1.29 is 27.7 Å². The lowest BCUT2D eigenvalue weighted by Crippen LogP contribution is -2.42. The molecule has 1 unspecified atom stereocenters. The third kappa shape index (κ3) is 5.59. The molecule has 0 bridgehead atoms. The highest BCUT2D eigenvalue weighted by Crippen LogP contribution is 2.28. The molecule has 0 aliphatic carbocycles. The van der Waals surface area contributed by atoms with Gasteiger partial charge in [0.25, 0.3) is 0 Å². The van der Waals surface area contributed by atoms with E-state index in [0.717, 1.165) is 5.56 Å². The highest BCUT2D eigenvalue weighted by molar-refractivity contribution is 7.89. The summed E-state index contributed by atoms with van der Waals surface area (Å²) >= 11 is 0. The minimum absolute atomic E-state index is 0.0513. The van der Waals surface area contributed by atoms with Gasteiger partial charge in [-0.05, 0) is 36.8 Å². The number of nitrogens with one attached hydrogen (secondary N) is 1. The van der Waals surface area contributed by atoms with Crippen LogP contribution in [0.15, 0.2) is 47.4 Å². The van der Waals surface area contributed by atoms with Gasteiger partial charge < -0.3 is 19.3 Å². The molecule has 0 heterocycles. The van der Waals surface area contributed by atoms with Crippen LogP contribution in [0.1, 0.15) is 12.5 Å². The van der Waals surface area contributed by atoms with E-state index in [0.29, 0.717) is 11.5 Å².